The molecular formula is C14H23N3O2. The van der Waals surface area contributed by atoms with Crippen LogP contribution in [0.2, 0.25) is 0 Å². The van der Waals surface area contributed by atoms with Gasteiger partial charge in [0.05, 0.1) is 25.9 Å². The molecule has 0 bridgehead atoms. The first-order valence-electron chi connectivity index (χ1n) is 6.84. The van der Waals surface area contributed by atoms with Crippen LogP contribution in [-0.2, 0) is 4.74 Å². The second kappa shape index (κ2) is 6.84. The number of hydrogen-bond donors (Lipinski definition) is 1. The molecule has 0 aromatic carbocycles. The molecule has 106 valence electrons. The van der Waals surface area contributed by atoms with Crippen LogP contribution in [0.4, 0.5) is 0 Å². The van der Waals surface area contributed by atoms with Gasteiger partial charge in [-0.15, -0.1) is 0 Å². The molecule has 0 spiro atoms. The second-order valence-corrected chi connectivity index (χ2v) is 4.83. The molecule has 1 aromatic heterocycles. The summed E-state index contributed by atoms with van der Waals surface area (Å²) in [5.41, 5.74) is 7.08. The number of nitrogens with two attached hydrogens (primary N) is 1. The summed E-state index contributed by atoms with van der Waals surface area (Å²) in [6.07, 6.45) is 2.86. The molecule has 1 saturated heterocycles. The van der Waals surface area contributed by atoms with E-state index < -0.39 is 0 Å². The Morgan fingerprint density at radius 1 is 1.63 bits per heavy atom. The minimum atomic E-state index is -0.254. The minimum absolute atomic E-state index is 0.0240. The number of rotatable bonds is 5. The molecule has 5 nitrogen and oxygen atoms in total. The van der Waals surface area contributed by atoms with E-state index >= 15 is 0 Å². The molecule has 0 amide bonds. The number of morpholine rings is 1. The Morgan fingerprint density at radius 2 is 2.47 bits per heavy atom. The highest BCUT2D eigenvalue weighted by atomic mass is 16.5. The SMILES string of the molecule is CCCN1CCOC(C(N)c2ncccc2OC)C1. The van der Waals surface area contributed by atoms with Gasteiger partial charge in [0.1, 0.15) is 11.4 Å². The fourth-order valence-corrected chi connectivity index (χ4v) is 2.47. The zero-order chi connectivity index (χ0) is 13.7. The Balaban J connectivity index is 2.07. The normalized spacial score (nSPS) is 22.2. The Bertz CT molecular complexity index is 398. The first kappa shape index (κ1) is 14.2. The van der Waals surface area contributed by atoms with E-state index in [9.17, 15) is 0 Å². The smallest absolute Gasteiger partial charge is 0.142 e. The quantitative estimate of drug-likeness (QED) is 0.867. The van der Waals surface area contributed by atoms with Crippen molar-refractivity contribution in [1.82, 2.24) is 9.88 Å². The molecule has 0 saturated carbocycles. The van der Waals surface area contributed by atoms with Crippen LogP contribution in [0.3, 0.4) is 0 Å². The van der Waals surface area contributed by atoms with Crippen molar-refractivity contribution in [2.75, 3.05) is 33.4 Å². The molecule has 2 unspecified atom stereocenters. The lowest BCUT2D eigenvalue weighted by molar-refractivity contribution is -0.0416. The van der Waals surface area contributed by atoms with E-state index in [1.54, 1.807) is 13.3 Å². The molecule has 2 N–H and O–H groups in total. The summed E-state index contributed by atoms with van der Waals surface area (Å²) >= 11 is 0. The van der Waals surface area contributed by atoms with Crippen molar-refractivity contribution in [2.45, 2.75) is 25.5 Å². The lowest BCUT2D eigenvalue weighted by atomic mass is 10.0. The van der Waals surface area contributed by atoms with E-state index in [1.807, 2.05) is 12.1 Å². The third-order valence-electron chi connectivity index (χ3n) is 3.45. The standard InChI is InChI=1S/C14H23N3O2/c1-3-7-17-8-9-19-12(10-17)13(15)14-11(18-2)5-4-6-16-14/h4-6,12-13H,3,7-10,15H2,1-2H3. The number of aromatic nitrogens is 1. The molecule has 1 aromatic rings. The molecule has 2 rings (SSSR count). The summed E-state index contributed by atoms with van der Waals surface area (Å²) in [5, 5.41) is 0. The van der Waals surface area contributed by atoms with Crippen molar-refractivity contribution < 1.29 is 9.47 Å². The number of hydrogen-bond acceptors (Lipinski definition) is 5. The molecule has 0 aliphatic carbocycles. The number of nitrogens with zero attached hydrogens (tertiary/aromatic N) is 2. The molecule has 1 aliphatic heterocycles. The van der Waals surface area contributed by atoms with Crippen LogP contribution in [0.1, 0.15) is 25.1 Å². The molecule has 2 atom stereocenters. The highest BCUT2D eigenvalue weighted by Gasteiger charge is 2.29. The minimum Gasteiger partial charge on any atom is -0.495 e. The number of methoxy groups -OCH3 is 1. The van der Waals surface area contributed by atoms with E-state index in [1.165, 1.54) is 0 Å². The first-order chi connectivity index (χ1) is 9.26. The molecule has 5 heteroatoms. The van der Waals surface area contributed by atoms with Crippen LogP contribution in [0.5, 0.6) is 5.75 Å². The van der Waals surface area contributed by atoms with Gasteiger partial charge in [0.2, 0.25) is 0 Å². The Kier molecular flexibility index (Phi) is 5.13. The van der Waals surface area contributed by atoms with Crippen LogP contribution in [-0.4, -0.2) is 49.3 Å². The maximum atomic E-state index is 6.31. The summed E-state index contributed by atoms with van der Waals surface area (Å²) in [6.45, 7) is 5.84. The van der Waals surface area contributed by atoms with E-state index in [0.29, 0.717) is 0 Å². The summed E-state index contributed by atoms with van der Waals surface area (Å²) in [5.74, 6) is 0.728. The van der Waals surface area contributed by atoms with Gasteiger partial charge in [-0.2, -0.15) is 0 Å². The Morgan fingerprint density at radius 3 is 3.21 bits per heavy atom. The van der Waals surface area contributed by atoms with Gasteiger partial charge in [-0.25, -0.2) is 0 Å². The van der Waals surface area contributed by atoms with E-state index in [0.717, 1.165) is 44.1 Å². The molecule has 0 radical (unpaired) electrons. The summed E-state index contributed by atoms with van der Waals surface area (Å²) in [4.78, 5) is 6.74. The van der Waals surface area contributed by atoms with E-state index in [2.05, 4.69) is 16.8 Å². The molecule has 2 heterocycles. The van der Waals surface area contributed by atoms with Gasteiger partial charge >= 0.3 is 0 Å². The molecule has 19 heavy (non-hydrogen) atoms. The summed E-state index contributed by atoms with van der Waals surface area (Å²) in [6, 6.07) is 3.48. The van der Waals surface area contributed by atoms with Gasteiger partial charge in [-0.1, -0.05) is 6.92 Å². The third-order valence-corrected chi connectivity index (χ3v) is 3.45. The zero-order valence-electron chi connectivity index (χ0n) is 11.7. The fourth-order valence-electron chi connectivity index (χ4n) is 2.47. The highest BCUT2D eigenvalue weighted by Crippen LogP contribution is 2.26. The van der Waals surface area contributed by atoms with Crippen LogP contribution >= 0.6 is 0 Å². The van der Waals surface area contributed by atoms with Crippen molar-refractivity contribution in [3.8, 4) is 5.75 Å². The highest BCUT2D eigenvalue weighted by molar-refractivity contribution is 5.30. The maximum Gasteiger partial charge on any atom is 0.142 e. The topological polar surface area (TPSA) is 60.6 Å². The van der Waals surface area contributed by atoms with Crippen molar-refractivity contribution in [1.29, 1.82) is 0 Å². The zero-order valence-corrected chi connectivity index (χ0v) is 11.7. The van der Waals surface area contributed by atoms with Crippen molar-refractivity contribution in [3.63, 3.8) is 0 Å². The van der Waals surface area contributed by atoms with Gasteiger partial charge in [-0.05, 0) is 25.1 Å². The average Bonchev–Trinajstić information content (AvgIpc) is 2.47. The van der Waals surface area contributed by atoms with Gasteiger partial charge in [-0.3, -0.25) is 9.88 Å². The molecule has 1 fully saturated rings. The van der Waals surface area contributed by atoms with E-state index in [-0.39, 0.29) is 12.1 Å². The van der Waals surface area contributed by atoms with Crippen molar-refractivity contribution in [2.24, 2.45) is 5.73 Å². The van der Waals surface area contributed by atoms with E-state index in [4.69, 9.17) is 15.2 Å². The van der Waals surface area contributed by atoms with Crippen LogP contribution in [0.15, 0.2) is 18.3 Å². The summed E-state index contributed by atoms with van der Waals surface area (Å²) < 4.78 is 11.1. The van der Waals surface area contributed by atoms with Crippen molar-refractivity contribution in [3.05, 3.63) is 24.0 Å². The lowest BCUT2D eigenvalue weighted by Gasteiger charge is -2.35. The molecule has 1 aliphatic rings. The average molecular weight is 265 g/mol. The number of ether oxygens (including phenoxy) is 2. The monoisotopic (exact) mass is 265 g/mol. The third kappa shape index (κ3) is 3.43. The number of pyridine rings is 1. The van der Waals surface area contributed by atoms with Gasteiger partial charge < -0.3 is 15.2 Å². The lowest BCUT2D eigenvalue weighted by Crippen LogP contribution is -2.47. The fraction of sp³-hybridized carbons (Fsp3) is 0.643. The predicted molar refractivity (Wildman–Crippen MR) is 74.2 cm³/mol. The predicted octanol–water partition coefficient (Wildman–Crippen LogP) is 1.20. The van der Waals surface area contributed by atoms with Crippen LogP contribution in [0, 0.1) is 0 Å². The largest absolute Gasteiger partial charge is 0.495 e. The molecular weight excluding hydrogens is 242 g/mol. The Labute approximate surface area is 114 Å². The van der Waals surface area contributed by atoms with Gasteiger partial charge in [0, 0.05) is 19.3 Å². The summed E-state index contributed by atoms with van der Waals surface area (Å²) in [7, 11) is 1.64. The Hall–Kier alpha value is -1.17. The maximum absolute atomic E-state index is 6.31. The van der Waals surface area contributed by atoms with Crippen molar-refractivity contribution >= 4 is 0 Å². The van der Waals surface area contributed by atoms with Crippen LogP contribution < -0.4 is 10.5 Å². The first-order valence-corrected chi connectivity index (χ1v) is 6.84. The van der Waals surface area contributed by atoms with Crippen LogP contribution in [0.25, 0.3) is 0 Å². The second-order valence-electron chi connectivity index (χ2n) is 4.83. The van der Waals surface area contributed by atoms with Gasteiger partial charge in [0.15, 0.2) is 0 Å². The van der Waals surface area contributed by atoms with Gasteiger partial charge in [0.25, 0.3) is 0 Å².